The summed E-state index contributed by atoms with van der Waals surface area (Å²) in [6.45, 7) is 8.57. The summed E-state index contributed by atoms with van der Waals surface area (Å²) in [4.78, 5) is 0. The van der Waals surface area contributed by atoms with E-state index in [1.165, 1.54) is 19.3 Å². The van der Waals surface area contributed by atoms with Gasteiger partial charge in [-0.05, 0) is 32.6 Å². The zero-order chi connectivity index (χ0) is 11.1. The molecular weight excluding hydrogens is 190 g/mol. The Kier molecular flexibility index (Phi) is 6.22. The van der Waals surface area contributed by atoms with E-state index in [0.717, 1.165) is 12.5 Å². The average molecular weight is 215 g/mol. The molecule has 15 heavy (non-hydrogen) atoms. The van der Waals surface area contributed by atoms with Gasteiger partial charge < -0.3 is 14.8 Å². The summed E-state index contributed by atoms with van der Waals surface area (Å²) in [5.74, 6) is 0.800. The Balaban J connectivity index is 2.19. The molecule has 0 radical (unpaired) electrons. The lowest BCUT2D eigenvalue weighted by molar-refractivity contribution is -0.134. The van der Waals surface area contributed by atoms with Crippen molar-refractivity contribution in [3.63, 3.8) is 0 Å². The molecule has 0 aliphatic heterocycles. The molecule has 90 valence electrons. The number of rotatable bonds is 7. The Morgan fingerprint density at radius 3 is 2.33 bits per heavy atom. The van der Waals surface area contributed by atoms with E-state index in [1.807, 2.05) is 13.8 Å². The van der Waals surface area contributed by atoms with Gasteiger partial charge in [0, 0.05) is 25.8 Å². The maximum Gasteiger partial charge on any atom is 0.169 e. The number of hydrogen-bond acceptors (Lipinski definition) is 3. The van der Waals surface area contributed by atoms with Crippen LogP contribution in [0.3, 0.4) is 0 Å². The Bertz CT molecular complexity index is 158. The standard InChI is InChI=1S/C12H25NO2/c1-4-14-12(15-5-2)9-13-11-8-6-7-10(11)3/h10-13H,4-9H2,1-3H3. The summed E-state index contributed by atoms with van der Waals surface area (Å²) in [7, 11) is 0. The van der Waals surface area contributed by atoms with Gasteiger partial charge in [-0.15, -0.1) is 0 Å². The molecule has 2 unspecified atom stereocenters. The van der Waals surface area contributed by atoms with Crippen molar-refractivity contribution in [3.05, 3.63) is 0 Å². The summed E-state index contributed by atoms with van der Waals surface area (Å²) in [5.41, 5.74) is 0. The molecule has 0 amide bonds. The van der Waals surface area contributed by atoms with Crippen molar-refractivity contribution in [2.24, 2.45) is 5.92 Å². The van der Waals surface area contributed by atoms with Crippen molar-refractivity contribution in [2.75, 3.05) is 19.8 Å². The maximum atomic E-state index is 5.49. The molecule has 2 atom stereocenters. The van der Waals surface area contributed by atoms with Crippen molar-refractivity contribution in [3.8, 4) is 0 Å². The summed E-state index contributed by atoms with van der Waals surface area (Å²) < 4.78 is 11.0. The Labute approximate surface area is 93.5 Å². The molecular formula is C12H25NO2. The third kappa shape index (κ3) is 4.49. The van der Waals surface area contributed by atoms with Crippen molar-refractivity contribution >= 4 is 0 Å². The van der Waals surface area contributed by atoms with Crippen LogP contribution in [0.15, 0.2) is 0 Å². The zero-order valence-electron chi connectivity index (χ0n) is 10.3. The van der Waals surface area contributed by atoms with Crippen molar-refractivity contribution in [2.45, 2.75) is 52.4 Å². The third-order valence-corrected chi connectivity index (χ3v) is 3.11. The van der Waals surface area contributed by atoms with E-state index < -0.39 is 0 Å². The molecule has 3 heteroatoms. The number of nitrogens with one attached hydrogen (secondary N) is 1. The molecule has 1 N–H and O–H groups in total. The monoisotopic (exact) mass is 215 g/mol. The van der Waals surface area contributed by atoms with Gasteiger partial charge in [0.1, 0.15) is 0 Å². The van der Waals surface area contributed by atoms with Crippen LogP contribution in [0.25, 0.3) is 0 Å². The van der Waals surface area contributed by atoms with Gasteiger partial charge in [0.05, 0.1) is 0 Å². The van der Waals surface area contributed by atoms with Crippen molar-refractivity contribution in [1.29, 1.82) is 0 Å². The van der Waals surface area contributed by atoms with E-state index in [1.54, 1.807) is 0 Å². The minimum absolute atomic E-state index is 0.0761. The van der Waals surface area contributed by atoms with Gasteiger partial charge in [-0.3, -0.25) is 0 Å². The van der Waals surface area contributed by atoms with Crippen LogP contribution in [-0.4, -0.2) is 32.1 Å². The molecule has 0 spiro atoms. The first-order valence-corrected chi connectivity index (χ1v) is 6.24. The fraction of sp³-hybridized carbons (Fsp3) is 1.00. The van der Waals surface area contributed by atoms with Crippen LogP contribution >= 0.6 is 0 Å². The van der Waals surface area contributed by atoms with E-state index in [0.29, 0.717) is 19.3 Å². The lowest BCUT2D eigenvalue weighted by Crippen LogP contribution is -2.39. The van der Waals surface area contributed by atoms with Crippen molar-refractivity contribution < 1.29 is 9.47 Å². The molecule has 1 rings (SSSR count). The van der Waals surface area contributed by atoms with Crippen LogP contribution in [0.5, 0.6) is 0 Å². The Morgan fingerprint density at radius 1 is 1.20 bits per heavy atom. The predicted molar refractivity (Wildman–Crippen MR) is 61.8 cm³/mol. The van der Waals surface area contributed by atoms with Gasteiger partial charge in [-0.25, -0.2) is 0 Å². The smallest absolute Gasteiger partial charge is 0.169 e. The summed E-state index contributed by atoms with van der Waals surface area (Å²) in [6, 6.07) is 0.661. The first-order chi connectivity index (χ1) is 7.27. The molecule has 0 heterocycles. The van der Waals surface area contributed by atoms with Crippen LogP contribution < -0.4 is 5.32 Å². The topological polar surface area (TPSA) is 30.5 Å². The van der Waals surface area contributed by atoms with Gasteiger partial charge in [0.25, 0.3) is 0 Å². The Morgan fingerprint density at radius 2 is 1.87 bits per heavy atom. The van der Waals surface area contributed by atoms with Crippen LogP contribution in [0.2, 0.25) is 0 Å². The summed E-state index contributed by atoms with van der Waals surface area (Å²) >= 11 is 0. The van der Waals surface area contributed by atoms with Gasteiger partial charge in [0.2, 0.25) is 0 Å². The van der Waals surface area contributed by atoms with Gasteiger partial charge in [0.15, 0.2) is 6.29 Å². The fourth-order valence-corrected chi connectivity index (χ4v) is 2.23. The molecule has 1 fully saturated rings. The molecule has 0 saturated heterocycles. The molecule has 3 nitrogen and oxygen atoms in total. The maximum absolute atomic E-state index is 5.49. The molecule has 1 aliphatic rings. The van der Waals surface area contributed by atoms with E-state index in [4.69, 9.17) is 9.47 Å². The number of hydrogen-bond donors (Lipinski definition) is 1. The minimum Gasteiger partial charge on any atom is -0.352 e. The molecule has 0 aromatic carbocycles. The first-order valence-electron chi connectivity index (χ1n) is 6.24. The van der Waals surface area contributed by atoms with Gasteiger partial charge in [-0.2, -0.15) is 0 Å². The third-order valence-electron chi connectivity index (χ3n) is 3.11. The normalized spacial score (nSPS) is 26.4. The average Bonchev–Trinajstić information content (AvgIpc) is 2.61. The van der Waals surface area contributed by atoms with Crippen molar-refractivity contribution in [1.82, 2.24) is 5.32 Å². The summed E-state index contributed by atoms with van der Waals surface area (Å²) in [6.07, 6.45) is 3.93. The van der Waals surface area contributed by atoms with Gasteiger partial charge >= 0.3 is 0 Å². The second-order valence-electron chi connectivity index (χ2n) is 4.26. The molecule has 1 aliphatic carbocycles. The largest absolute Gasteiger partial charge is 0.352 e. The van der Waals surface area contributed by atoms with Gasteiger partial charge in [-0.1, -0.05) is 13.3 Å². The first kappa shape index (κ1) is 12.9. The highest BCUT2D eigenvalue weighted by atomic mass is 16.7. The quantitative estimate of drug-likeness (QED) is 0.660. The molecule has 0 bridgehead atoms. The van der Waals surface area contributed by atoms with Crippen LogP contribution in [-0.2, 0) is 9.47 Å². The number of ether oxygens (including phenoxy) is 2. The lowest BCUT2D eigenvalue weighted by atomic mass is 10.1. The fourth-order valence-electron chi connectivity index (χ4n) is 2.23. The zero-order valence-corrected chi connectivity index (χ0v) is 10.3. The van der Waals surface area contributed by atoms with E-state index in [9.17, 15) is 0 Å². The Hall–Kier alpha value is -0.120. The second-order valence-corrected chi connectivity index (χ2v) is 4.26. The minimum atomic E-state index is -0.0761. The SMILES string of the molecule is CCOC(CNC1CCCC1C)OCC. The second kappa shape index (κ2) is 7.20. The van der Waals surface area contributed by atoms with Crippen LogP contribution in [0.1, 0.15) is 40.0 Å². The predicted octanol–water partition coefficient (Wildman–Crippen LogP) is 2.16. The van der Waals surface area contributed by atoms with E-state index >= 15 is 0 Å². The van der Waals surface area contributed by atoms with Crippen LogP contribution in [0.4, 0.5) is 0 Å². The lowest BCUT2D eigenvalue weighted by Gasteiger charge is -2.22. The molecule has 1 saturated carbocycles. The highest BCUT2D eigenvalue weighted by Gasteiger charge is 2.23. The van der Waals surface area contributed by atoms with E-state index in [-0.39, 0.29) is 6.29 Å². The molecule has 0 aromatic heterocycles. The summed E-state index contributed by atoms with van der Waals surface area (Å²) in [5, 5.41) is 3.55. The highest BCUT2D eigenvalue weighted by Crippen LogP contribution is 2.24. The van der Waals surface area contributed by atoms with E-state index in [2.05, 4.69) is 12.2 Å². The van der Waals surface area contributed by atoms with Crippen LogP contribution in [0, 0.1) is 5.92 Å². The highest BCUT2D eigenvalue weighted by molar-refractivity contribution is 4.80. The molecule has 0 aromatic rings.